The van der Waals surface area contributed by atoms with Gasteiger partial charge in [0.15, 0.2) is 0 Å². The van der Waals surface area contributed by atoms with Crippen molar-refractivity contribution in [2.45, 2.75) is 52.2 Å². The van der Waals surface area contributed by atoms with Crippen LogP contribution in [0.15, 0.2) is 18.2 Å². The molecule has 20 heavy (non-hydrogen) atoms. The molecule has 3 rings (SSSR count). The highest BCUT2D eigenvalue weighted by Crippen LogP contribution is 2.36. The largest absolute Gasteiger partial charge is 0.319 e. The highest BCUT2D eigenvalue weighted by atomic mass is 16.2. The maximum atomic E-state index is 12.3. The quantitative estimate of drug-likeness (QED) is 0.898. The van der Waals surface area contributed by atoms with Crippen LogP contribution in [0.3, 0.4) is 0 Å². The molecule has 1 heterocycles. The first-order chi connectivity index (χ1) is 9.58. The summed E-state index contributed by atoms with van der Waals surface area (Å²) in [6.45, 7) is 7.01. The Bertz CT molecular complexity index is 526. The summed E-state index contributed by atoms with van der Waals surface area (Å²) in [6, 6.07) is 6.93. The molecule has 1 saturated carbocycles. The number of rotatable bonds is 2. The van der Waals surface area contributed by atoms with Crippen LogP contribution in [0.4, 0.5) is 0 Å². The lowest BCUT2D eigenvalue weighted by Crippen LogP contribution is -2.41. The number of nitrogens with zero attached hydrogens (tertiary/aromatic N) is 1. The van der Waals surface area contributed by atoms with Gasteiger partial charge in [0.25, 0.3) is 0 Å². The van der Waals surface area contributed by atoms with Crippen LogP contribution >= 0.6 is 0 Å². The summed E-state index contributed by atoms with van der Waals surface area (Å²) in [5, 5.41) is 3.41. The summed E-state index contributed by atoms with van der Waals surface area (Å²) >= 11 is 0. The van der Waals surface area contributed by atoms with E-state index in [4.69, 9.17) is 0 Å². The van der Waals surface area contributed by atoms with Gasteiger partial charge in [-0.2, -0.15) is 0 Å². The average Bonchev–Trinajstić information content (AvgIpc) is 2.96. The predicted octanol–water partition coefficient (Wildman–Crippen LogP) is 2.92. The molecule has 2 aliphatic rings. The van der Waals surface area contributed by atoms with E-state index < -0.39 is 0 Å². The smallest absolute Gasteiger partial charge is 0.238 e. The molecule has 108 valence electrons. The van der Waals surface area contributed by atoms with Crippen molar-refractivity contribution in [3.63, 3.8) is 0 Å². The molecule has 0 radical (unpaired) electrons. The lowest BCUT2D eigenvalue weighted by molar-refractivity contribution is -0.131. The van der Waals surface area contributed by atoms with Gasteiger partial charge in [-0.05, 0) is 43.7 Å². The van der Waals surface area contributed by atoms with Gasteiger partial charge in [0.1, 0.15) is 6.17 Å². The fourth-order valence-corrected chi connectivity index (χ4v) is 3.83. The second-order valence-corrected chi connectivity index (χ2v) is 6.42. The number of amides is 1. The normalized spacial score (nSPS) is 30.2. The van der Waals surface area contributed by atoms with Gasteiger partial charge in [-0.25, -0.2) is 0 Å². The Kier molecular flexibility index (Phi) is 3.55. The number of carbonyl (C=O) groups is 1. The van der Waals surface area contributed by atoms with E-state index in [0.717, 1.165) is 6.42 Å². The van der Waals surface area contributed by atoms with Crippen molar-refractivity contribution < 1.29 is 4.79 Å². The average molecular weight is 272 g/mol. The highest BCUT2D eigenvalue weighted by molar-refractivity contribution is 5.81. The Morgan fingerprint density at radius 2 is 2.05 bits per heavy atom. The van der Waals surface area contributed by atoms with Crippen LogP contribution < -0.4 is 5.32 Å². The van der Waals surface area contributed by atoms with Gasteiger partial charge in [-0.3, -0.25) is 10.1 Å². The minimum atomic E-state index is 0.0636. The monoisotopic (exact) mass is 272 g/mol. The van der Waals surface area contributed by atoms with E-state index in [1.165, 1.54) is 29.5 Å². The molecule has 1 aromatic carbocycles. The van der Waals surface area contributed by atoms with Crippen molar-refractivity contribution in [2.24, 2.45) is 5.92 Å². The molecule has 1 aromatic rings. The fraction of sp³-hybridized carbons (Fsp3) is 0.588. The highest BCUT2D eigenvalue weighted by Gasteiger charge is 2.40. The second kappa shape index (κ2) is 5.21. The van der Waals surface area contributed by atoms with Crippen LogP contribution in [0.25, 0.3) is 0 Å². The van der Waals surface area contributed by atoms with E-state index in [-0.39, 0.29) is 12.1 Å². The minimum Gasteiger partial charge on any atom is -0.319 e. The molecular formula is C17H24N2O. The maximum absolute atomic E-state index is 12.3. The van der Waals surface area contributed by atoms with Gasteiger partial charge in [-0.15, -0.1) is 0 Å². The van der Waals surface area contributed by atoms with Crippen LogP contribution in [0.2, 0.25) is 0 Å². The fourth-order valence-electron chi connectivity index (χ4n) is 3.83. The van der Waals surface area contributed by atoms with Gasteiger partial charge in [0.2, 0.25) is 5.91 Å². The van der Waals surface area contributed by atoms with E-state index >= 15 is 0 Å². The van der Waals surface area contributed by atoms with E-state index in [9.17, 15) is 4.79 Å². The van der Waals surface area contributed by atoms with Gasteiger partial charge in [0.05, 0.1) is 6.54 Å². The molecule has 3 unspecified atom stereocenters. The van der Waals surface area contributed by atoms with E-state index in [1.54, 1.807) is 0 Å². The Balaban J connectivity index is 1.93. The summed E-state index contributed by atoms with van der Waals surface area (Å²) < 4.78 is 0. The lowest BCUT2D eigenvalue weighted by Gasteiger charge is -2.34. The molecule has 0 aromatic heterocycles. The third-order valence-electron chi connectivity index (χ3n) is 4.91. The summed E-state index contributed by atoms with van der Waals surface area (Å²) in [5.41, 5.74) is 3.80. The SMILES string of the molecule is Cc1ccc(C2NCC(=O)N2C2CCCC2C)c(C)c1. The third-order valence-corrected chi connectivity index (χ3v) is 4.91. The Hall–Kier alpha value is -1.35. The summed E-state index contributed by atoms with van der Waals surface area (Å²) in [5.74, 6) is 0.876. The number of hydrogen-bond donors (Lipinski definition) is 1. The molecule has 1 amide bonds. The Morgan fingerprint density at radius 1 is 1.25 bits per heavy atom. The van der Waals surface area contributed by atoms with Gasteiger partial charge in [-0.1, -0.05) is 37.1 Å². The third kappa shape index (κ3) is 2.24. The zero-order valence-corrected chi connectivity index (χ0v) is 12.6. The van der Waals surface area contributed by atoms with Crippen LogP contribution in [0.5, 0.6) is 0 Å². The summed E-state index contributed by atoms with van der Waals surface area (Å²) in [4.78, 5) is 14.5. The van der Waals surface area contributed by atoms with Crippen LogP contribution in [0.1, 0.15) is 49.0 Å². The van der Waals surface area contributed by atoms with Crippen molar-refractivity contribution >= 4 is 5.91 Å². The lowest BCUT2D eigenvalue weighted by atomic mass is 9.99. The molecule has 1 aliphatic heterocycles. The van der Waals surface area contributed by atoms with Crippen molar-refractivity contribution in [1.82, 2.24) is 10.2 Å². The standard InChI is InChI=1S/C17H24N2O/c1-11-7-8-14(13(3)9-11)17-18-10-16(20)19(17)15-6-4-5-12(15)2/h7-9,12,15,17-18H,4-6,10H2,1-3H3. The van der Waals surface area contributed by atoms with Crippen molar-refractivity contribution in [1.29, 1.82) is 0 Å². The molecule has 0 bridgehead atoms. The van der Waals surface area contributed by atoms with Gasteiger partial charge >= 0.3 is 0 Å². The zero-order valence-electron chi connectivity index (χ0n) is 12.6. The van der Waals surface area contributed by atoms with E-state index in [1.807, 2.05) is 0 Å². The molecule has 1 aliphatic carbocycles. The van der Waals surface area contributed by atoms with E-state index in [2.05, 4.69) is 49.2 Å². The van der Waals surface area contributed by atoms with Crippen LogP contribution in [-0.4, -0.2) is 23.4 Å². The Morgan fingerprint density at radius 3 is 2.70 bits per heavy atom. The second-order valence-electron chi connectivity index (χ2n) is 6.42. The van der Waals surface area contributed by atoms with Crippen LogP contribution in [-0.2, 0) is 4.79 Å². The number of carbonyl (C=O) groups excluding carboxylic acids is 1. The summed E-state index contributed by atoms with van der Waals surface area (Å²) in [6.07, 6.45) is 3.70. The van der Waals surface area contributed by atoms with E-state index in [0.29, 0.717) is 18.5 Å². The number of aryl methyl sites for hydroxylation is 2. The van der Waals surface area contributed by atoms with Gasteiger partial charge < -0.3 is 4.90 Å². The molecule has 3 nitrogen and oxygen atoms in total. The minimum absolute atomic E-state index is 0.0636. The molecule has 1 saturated heterocycles. The predicted molar refractivity (Wildman–Crippen MR) is 80.3 cm³/mol. The Labute approximate surface area is 121 Å². The number of hydrogen-bond acceptors (Lipinski definition) is 2. The molecule has 3 heteroatoms. The molecule has 2 fully saturated rings. The van der Waals surface area contributed by atoms with Crippen molar-refractivity contribution in [3.8, 4) is 0 Å². The van der Waals surface area contributed by atoms with Gasteiger partial charge in [0, 0.05) is 6.04 Å². The topological polar surface area (TPSA) is 32.3 Å². The molecular weight excluding hydrogens is 248 g/mol. The van der Waals surface area contributed by atoms with Crippen molar-refractivity contribution in [2.75, 3.05) is 6.54 Å². The first kappa shape index (κ1) is 13.6. The van der Waals surface area contributed by atoms with Crippen LogP contribution in [0, 0.1) is 19.8 Å². The number of nitrogens with one attached hydrogen (secondary N) is 1. The zero-order chi connectivity index (χ0) is 14.3. The molecule has 1 N–H and O–H groups in total. The molecule has 3 atom stereocenters. The molecule has 0 spiro atoms. The first-order valence-electron chi connectivity index (χ1n) is 7.69. The van der Waals surface area contributed by atoms with Crippen molar-refractivity contribution in [3.05, 3.63) is 34.9 Å². The maximum Gasteiger partial charge on any atom is 0.238 e. The number of benzene rings is 1. The summed E-state index contributed by atoms with van der Waals surface area (Å²) in [7, 11) is 0. The first-order valence-corrected chi connectivity index (χ1v) is 7.69.